The number of carboxylic acid groups (broad SMARTS) is 1. The molecule has 1 fully saturated rings. The summed E-state index contributed by atoms with van der Waals surface area (Å²) in [6.07, 6.45) is 1.34. The Morgan fingerprint density at radius 3 is 2.32 bits per heavy atom. The van der Waals surface area contributed by atoms with Crippen molar-refractivity contribution in [3.05, 3.63) is 64.1 Å². The Hall–Kier alpha value is -1.85. The van der Waals surface area contributed by atoms with Crippen molar-refractivity contribution in [1.29, 1.82) is 0 Å². The second-order valence-corrected chi connectivity index (χ2v) is 7.17. The summed E-state index contributed by atoms with van der Waals surface area (Å²) < 4.78 is 6.65. The van der Waals surface area contributed by atoms with Crippen LogP contribution >= 0.6 is 15.9 Å². The molecule has 1 aliphatic heterocycles. The van der Waals surface area contributed by atoms with Crippen molar-refractivity contribution in [1.82, 2.24) is 4.90 Å². The van der Waals surface area contributed by atoms with Gasteiger partial charge in [0.2, 0.25) is 0 Å². The number of carbonyl (C=O) groups is 1. The highest BCUT2D eigenvalue weighted by Gasteiger charge is 2.32. The van der Waals surface area contributed by atoms with Gasteiger partial charge in [0.1, 0.15) is 5.75 Å². The fourth-order valence-corrected chi connectivity index (χ4v) is 4.06. The molecule has 1 aliphatic rings. The van der Waals surface area contributed by atoms with Crippen LogP contribution in [0.2, 0.25) is 0 Å². The molecular weight excluding hydrogens is 382 g/mol. The highest BCUT2D eigenvalue weighted by molar-refractivity contribution is 9.10. The maximum absolute atomic E-state index is 11.3. The zero-order valence-corrected chi connectivity index (χ0v) is 15.8. The maximum Gasteiger partial charge on any atom is 0.306 e. The number of piperidine rings is 1. The Balaban J connectivity index is 1.99. The highest BCUT2D eigenvalue weighted by atomic mass is 79.9. The fraction of sp³-hybridized carbons (Fsp3) is 0.350. The molecule has 1 unspecified atom stereocenters. The third kappa shape index (κ3) is 3.88. The molecule has 2 aromatic rings. The molecule has 0 aromatic heterocycles. The third-order valence-corrected chi connectivity index (χ3v) is 5.60. The van der Waals surface area contributed by atoms with E-state index in [9.17, 15) is 9.90 Å². The van der Waals surface area contributed by atoms with E-state index in [1.807, 2.05) is 36.4 Å². The Kier molecular flexibility index (Phi) is 5.76. The van der Waals surface area contributed by atoms with Crippen molar-refractivity contribution in [2.75, 3.05) is 20.2 Å². The molecule has 0 aliphatic carbocycles. The van der Waals surface area contributed by atoms with Crippen molar-refractivity contribution < 1.29 is 14.6 Å². The molecule has 0 bridgehead atoms. The van der Waals surface area contributed by atoms with E-state index in [1.165, 1.54) is 5.56 Å². The summed E-state index contributed by atoms with van der Waals surface area (Å²) in [7, 11) is 1.69. The standard InChI is InChI=1S/C20H22BrNO3/c1-25-18-9-5-3-7-16(18)19(15-6-2-4-8-17(15)21)22-12-10-14(11-13-22)20(23)24/h2-9,14,19H,10-13H2,1H3,(H,23,24). The molecule has 132 valence electrons. The van der Waals surface area contributed by atoms with Crippen LogP contribution in [0.15, 0.2) is 53.0 Å². The van der Waals surface area contributed by atoms with Gasteiger partial charge in [-0.1, -0.05) is 52.3 Å². The van der Waals surface area contributed by atoms with Crippen LogP contribution in [-0.2, 0) is 4.79 Å². The monoisotopic (exact) mass is 403 g/mol. The first-order chi connectivity index (χ1) is 12.1. The largest absolute Gasteiger partial charge is 0.496 e. The number of halogens is 1. The summed E-state index contributed by atoms with van der Waals surface area (Å²) in [5.41, 5.74) is 2.27. The van der Waals surface area contributed by atoms with Crippen LogP contribution < -0.4 is 4.74 Å². The Bertz CT molecular complexity index is 741. The molecule has 25 heavy (non-hydrogen) atoms. The van der Waals surface area contributed by atoms with Gasteiger partial charge in [0.05, 0.1) is 19.1 Å². The molecule has 4 nitrogen and oxygen atoms in total. The van der Waals surface area contributed by atoms with Crippen molar-refractivity contribution in [2.45, 2.75) is 18.9 Å². The van der Waals surface area contributed by atoms with Crippen LogP contribution in [0, 0.1) is 5.92 Å². The van der Waals surface area contributed by atoms with E-state index in [0.717, 1.165) is 28.9 Å². The molecule has 0 amide bonds. The van der Waals surface area contributed by atoms with Gasteiger partial charge < -0.3 is 9.84 Å². The first kappa shape index (κ1) is 18.0. The molecule has 1 heterocycles. The van der Waals surface area contributed by atoms with Crippen molar-refractivity contribution >= 4 is 21.9 Å². The molecule has 5 heteroatoms. The zero-order valence-electron chi connectivity index (χ0n) is 14.2. The second kappa shape index (κ2) is 8.02. The predicted molar refractivity (Wildman–Crippen MR) is 101 cm³/mol. The molecule has 2 aromatic carbocycles. The number of nitrogens with zero attached hydrogens (tertiary/aromatic N) is 1. The fourth-order valence-electron chi connectivity index (χ4n) is 3.55. The van der Waals surface area contributed by atoms with Gasteiger partial charge >= 0.3 is 5.97 Å². The molecule has 1 N–H and O–H groups in total. The molecule has 0 spiro atoms. The minimum atomic E-state index is -0.686. The average molecular weight is 404 g/mol. The molecule has 1 saturated heterocycles. The van der Waals surface area contributed by atoms with Gasteiger partial charge in [-0.25, -0.2) is 0 Å². The maximum atomic E-state index is 11.3. The summed E-state index contributed by atoms with van der Waals surface area (Å²) >= 11 is 3.68. The lowest BCUT2D eigenvalue weighted by Crippen LogP contribution is -2.39. The van der Waals surface area contributed by atoms with Gasteiger partial charge in [-0.15, -0.1) is 0 Å². The zero-order chi connectivity index (χ0) is 17.8. The number of ether oxygens (including phenoxy) is 1. The number of rotatable bonds is 5. The Morgan fingerprint density at radius 1 is 1.12 bits per heavy atom. The quantitative estimate of drug-likeness (QED) is 0.806. The lowest BCUT2D eigenvalue weighted by Gasteiger charge is -2.38. The molecular formula is C20H22BrNO3. The van der Waals surface area contributed by atoms with Crippen LogP contribution in [0.25, 0.3) is 0 Å². The predicted octanol–water partition coefficient (Wildman–Crippen LogP) is 4.34. The first-order valence-electron chi connectivity index (χ1n) is 8.46. The number of benzene rings is 2. The number of hydrogen-bond acceptors (Lipinski definition) is 3. The molecule has 0 radical (unpaired) electrons. The van der Waals surface area contributed by atoms with Gasteiger partial charge in [-0.3, -0.25) is 9.69 Å². The van der Waals surface area contributed by atoms with E-state index in [2.05, 4.69) is 33.0 Å². The van der Waals surface area contributed by atoms with Crippen molar-refractivity contribution in [2.24, 2.45) is 5.92 Å². The van der Waals surface area contributed by atoms with E-state index in [-0.39, 0.29) is 12.0 Å². The highest BCUT2D eigenvalue weighted by Crippen LogP contribution is 2.39. The lowest BCUT2D eigenvalue weighted by atomic mass is 9.91. The number of aliphatic carboxylic acids is 1. The summed E-state index contributed by atoms with van der Waals surface area (Å²) in [6, 6.07) is 16.3. The van der Waals surface area contributed by atoms with Gasteiger partial charge in [0, 0.05) is 10.0 Å². The number of hydrogen-bond donors (Lipinski definition) is 1. The smallest absolute Gasteiger partial charge is 0.306 e. The van der Waals surface area contributed by atoms with Crippen LogP contribution in [-0.4, -0.2) is 36.2 Å². The Morgan fingerprint density at radius 2 is 1.72 bits per heavy atom. The van der Waals surface area contributed by atoms with Crippen molar-refractivity contribution in [3.63, 3.8) is 0 Å². The van der Waals surface area contributed by atoms with E-state index in [1.54, 1.807) is 7.11 Å². The van der Waals surface area contributed by atoms with Crippen LogP contribution in [0.5, 0.6) is 5.75 Å². The van der Waals surface area contributed by atoms with E-state index in [4.69, 9.17) is 4.74 Å². The molecule has 1 atom stereocenters. The molecule has 3 rings (SSSR count). The summed E-state index contributed by atoms with van der Waals surface area (Å²) in [4.78, 5) is 13.6. The van der Waals surface area contributed by atoms with Gasteiger partial charge in [-0.05, 0) is 43.6 Å². The number of likely N-dealkylation sites (tertiary alicyclic amines) is 1. The first-order valence-corrected chi connectivity index (χ1v) is 9.25. The Labute approximate surface area is 156 Å². The van der Waals surface area contributed by atoms with E-state index in [0.29, 0.717) is 12.8 Å². The van der Waals surface area contributed by atoms with Crippen molar-refractivity contribution in [3.8, 4) is 5.75 Å². The number of carboxylic acids is 1. The lowest BCUT2D eigenvalue weighted by molar-refractivity contribution is -0.143. The number of methoxy groups -OCH3 is 1. The number of para-hydroxylation sites is 1. The topological polar surface area (TPSA) is 49.8 Å². The van der Waals surface area contributed by atoms with Crippen LogP contribution in [0.4, 0.5) is 0 Å². The summed E-state index contributed by atoms with van der Waals surface area (Å²) in [5.74, 6) is -0.0771. The van der Waals surface area contributed by atoms with E-state index >= 15 is 0 Å². The normalized spacial score (nSPS) is 17.2. The summed E-state index contributed by atoms with van der Waals surface area (Å²) in [6.45, 7) is 1.50. The third-order valence-electron chi connectivity index (χ3n) is 4.88. The van der Waals surface area contributed by atoms with Crippen LogP contribution in [0.3, 0.4) is 0 Å². The molecule has 0 saturated carbocycles. The van der Waals surface area contributed by atoms with Gasteiger partial charge in [0.25, 0.3) is 0 Å². The minimum Gasteiger partial charge on any atom is -0.496 e. The second-order valence-electron chi connectivity index (χ2n) is 6.31. The summed E-state index contributed by atoms with van der Waals surface area (Å²) in [5, 5.41) is 9.28. The minimum absolute atomic E-state index is 0.0291. The van der Waals surface area contributed by atoms with Gasteiger partial charge in [0.15, 0.2) is 0 Å². The SMILES string of the molecule is COc1ccccc1C(c1ccccc1Br)N1CCC(C(=O)O)CC1. The van der Waals surface area contributed by atoms with Crippen LogP contribution in [0.1, 0.15) is 30.0 Å². The average Bonchev–Trinajstić information content (AvgIpc) is 2.64. The van der Waals surface area contributed by atoms with Gasteiger partial charge in [-0.2, -0.15) is 0 Å². The van der Waals surface area contributed by atoms with E-state index < -0.39 is 5.97 Å².